The second kappa shape index (κ2) is 7.43. The zero-order valence-corrected chi connectivity index (χ0v) is 15.7. The quantitative estimate of drug-likeness (QED) is 0.533. The van der Waals surface area contributed by atoms with Gasteiger partial charge >= 0.3 is 0 Å². The number of benzene rings is 2. The minimum Gasteiger partial charge on any atom is -0.493 e. The predicted molar refractivity (Wildman–Crippen MR) is 101 cm³/mol. The first kappa shape index (κ1) is 18.4. The van der Waals surface area contributed by atoms with Gasteiger partial charge in [-0.25, -0.2) is 13.0 Å². The lowest BCUT2D eigenvalue weighted by atomic mass is 10.0. The van der Waals surface area contributed by atoms with Crippen LogP contribution >= 0.6 is 0 Å². The molecule has 1 heterocycles. The van der Waals surface area contributed by atoms with Gasteiger partial charge in [-0.3, -0.25) is 0 Å². The Kier molecular flexibility index (Phi) is 5.25. The number of aryl methyl sites for hydroxylation is 1. The third-order valence-electron chi connectivity index (χ3n) is 4.15. The number of sulfone groups is 1. The van der Waals surface area contributed by atoms with E-state index in [4.69, 9.17) is 9.84 Å². The molecule has 0 fully saturated rings. The summed E-state index contributed by atoms with van der Waals surface area (Å²) in [6.45, 7) is 0.580. The minimum absolute atomic E-state index is 0.107. The van der Waals surface area contributed by atoms with Crippen molar-refractivity contribution >= 4 is 20.6 Å². The highest BCUT2D eigenvalue weighted by Gasteiger charge is 2.13. The second-order valence-electron chi connectivity index (χ2n) is 6.31. The number of ether oxygens (including phenoxy) is 1. The van der Waals surface area contributed by atoms with Crippen LogP contribution in [0.15, 0.2) is 59.8 Å². The van der Waals surface area contributed by atoms with Crippen LogP contribution in [-0.4, -0.2) is 33.0 Å². The maximum absolute atomic E-state index is 11.7. The van der Waals surface area contributed by atoms with E-state index in [9.17, 15) is 8.42 Å². The molecule has 0 saturated carbocycles. The molecule has 0 unspecified atom stereocenters. The van der Waals surface area contributed by atoms with Crippen LogP contribution < -0.4 is 9.30 Å². The lowest BCUT2D eigenvalue weighted by Crippen LogP contribution is -2.26. The van der Waals surface area contributed by atoms with Gasteiger partial charge in [-0.1, -0.05) is 12.1 Å². The van der Waals surface area contributed by atoms with Crippen molar-refractivity contribution in [2.75, 3.05) is 19.5 Å². The molecule has 0 radical (unpaired) electrons. The van der Waals surface area contributed by atoms with Gasteiger partial charge in [-0.2, -0.15) is 0 Å². The van der Waals surface area contributed by atoms with Crippen LogP contribution in [0.2, 0.25) is 0 Å². The maximum atomic E-state index is 11.7. The average molecular weight is 372 g/mol. The molecule has 6 heteroatoms. The van der Waals surface area contributed by atoms with Gasteiger partial charge in [0.2, 0.25) is 0 Å². The van der Waals surface area contributed by atoms with E-state index in [0.29, 0.717) is 17.9 Å². The van der Waals surface area contributed by atoms with Crippen LogP contribution in [-0.2, 0) is 16.9 Å². The average Bonchev–Trinajstić information content (AvgIpc) is 2.60. The Labute approximate surface area is 153 Å². The Bertz CT molecular complexity index is 1030. The number of hydrogen-bond donors (Lipinski definition) is 1. The van der Waals surface area contributed by atoms with E-state index in [0.717, 1.165) is 27.6 Å². The van der Waals surface area contributed by atoms with Crippen LogP contribution in [0.3, 0.4) is 0 Å². The molecule has 0 aliphatic carbocycles. The molecule has 0 saturated heterocycles. The Morgan fingerprint density at radius 3 is 2.46 bits per heavy atom. The number of nitrogens with zero attached hydrogens (tertiary/aromatic N) is 1. The summed E-state index contributed by atoms with van der Waals surface area (Å²) in [6.07, 6.45) is 5.84. The van der Waals surface area contributed by atoms with E-state index < -0.39 is 9.84 Å². The van der Waals surface area contributed by atoms with Crippen molar-refractivity contribution in [3.63, 3.8) is 0 Å². The zero-order chi connectivity index (χ0) is 18.7. The molecule has 0 aliphatic rings. The first-order valence-corrected chi connectivity index (χ1v) is 10.2. The SMILES string of the molecule is C[n+]1cc(-c2ccc(S(C)(=O)=O)cc2)c2ccc(OCCCO)cc2c1. The van der Waals surface area contributed by atoms with Crippen molar-refractivity contribution in [1.29, 1.82) is 0 Å². The summed E-state index contributed by atoms with van der Waals surface area (Å²) in [6, 6.07) is 12.8. The normalized spacial score (nSPS) is 11.7. The number of rotatable bonds is 6. The summed E-state index contributed by atoms with van der Waals surface area (Å²) in [5, 5.41) is 11.0. The molecular weight excluding hydrogens is 350 g/mol. The fourth-order valence-corrected chi connectivity index (χ4v) is 3.51. The molecular formula is C20H22NO4S+. The van der Waals surface area contributed by atoms with Crippen LogP contribution in [0.4, 0.5) is 0 Å². The third kappa shape index (κ3) is 4.03. The number of aliphatic hydroxyl groups is 1. The molecule has 0 bridgehead atoms. The molecule has 0 atom stereocenters. The van der Waals surface area contributed by atoms with Gasteiger partial charge in [0, 0.05) is 30.1 Å². The standard InChI is InChI=1S/C20H22NO4S/c1-21-13-16-12-17(25-11-3-10-22)6-9-19(16)20(14-21)15-4-7-18(8-5-15)26(2,23)24/h4-9,12-14,22H,3,10-11H2,1-2H3/q+1. The van der Waals surface area contributed by atoms with E-state index in [2.05, 4.69) is 0 Å². The fourth-order valence-electron chi connectivity index (χ4n) is 2.88. The molecule has 0 spiro atoms. The number of aliphatic hydroxyl groups excluding tert-OH is 1. The number of aromatic nitrogens is 1. The Morgan fingerprint density at radius 1 is 1.08 bits per heavy atom. The summed E-state index contributed by atoms with van der Waals surface area (Å²) < 4.78 is 30.9. The molecule has 5 nitrogen and oxygen atoms in total. The molecule has 0 amide bonds. The smallest absolute Gasteiger partial charge is 0.177 e. The fraction of sp³-hybridized carbons (Fsp3) is 0.250. The van der Waals surface area contributed by atoms with Crippen molar-refractivity contribution in [3.05, 3.63) is 54.9 Å². The summed E-state index contributed by atoms with van der Waals surface area (Å²) in [5.41, 5.74) is 1.97. The highest BCUT2D eigenvalue weighted by atomic mass is 32.2. The first-order valence-electron chi connectivity index (χ1n) is 8.36. The number of fused-ring (bicyclic) bond motifs is 1. The van der Waals surface area contributed by atoms with Crippen molar-refractivity contribution in [2.45, 2.75) is 11.3 Å². The summed E-state index contributed by atoms with van der Waals surface area (Å²) in [7, 11) is -1.26. The Morgan fingerprint density at radius 2 is 1.81 bits per heavy atom. The highest BCUT2D eigenvalue weighted by molar-refractivity contribution is 7.90. The monoisotopic (exact) mass is 372 g/mol. The van der Waals surface area contributed by atoms with Gasteiger partial charge in [0.15, 0.2) is 22.2 Å². The van der Waals surface area contributed by atoms with Crippen LogP contribution in [0.25, 0.3) is 21.9 Å². The van der Waals surface area contributed by atoms with Gasteiger partial charge < -0.3 is 9.84 Å². The van der Waals surface area contributed by atoms with Crippen molar-refractivity contribution in [2.24, 2.45) is 7.05 Å². The second-order valence-corrected chi connectivity index (χ2v) is 8.32. The molecule has 1 N–H and O–H groups in total. The highest BCUT2D eigenvalue weighted by Crippen LogP contribution is 2.30. The lowest BCUT2D eigenvalue weighted by Gasteiger charge is -2.09. The molecule has 136 valence electrons. The molecule has 2 aromatic carbocycles. The Hall–Kier alpha value is -2.44. The van der Waals surface area contributed by atoms with Gasteiger partial charge in [-0.05, 0) is 35.9 Å². The third-order valence-corrected chi connectivity index (χ3v) is 5.28. The van der Waals surface area contributed by atoms with Crippen molar-refractivity contribution in [1.82, 2.24) is 0 Å². The molecule has 0 aliphatic heterocycles. The van der Waals surface area contributed by atoms with Crippen LogP contribution in [0.5, 0.6) is 5.75 Å². The lowest BCUT2D eigenvalue weighted by molar-refractivity contribution is -0.669. The number of hydrogen-bond acceptors (Lipinski definition) is 4. The van der Waals surface area contributed by atoms with E-state index in [-0.39, 0.29) is 6.61 Å². The van der Waals surface area contributed by atoms with Gasteiger partial charge in [0.1, 0.15) is 12.8 Å². The van der Waals surface area contributed by atoms with E-state index in [1.807, 2.05) is 54.3 Å². The first-order chi connectivity index (χ1) is 12.4. The minimum atomic E-state index is -3.21. The van der Waals surface area contributed by atoms with Gasteiger partial charge in [-0.15, -0.1) is 0 Å². The summed E-state index contributed by atoms with van der Waals surface area (Å²) >= 11 is 0. The van der Waals surface area contributed by atoms with Crippen LogP contribution in [0.1, 0.15) is 6.42 Å². The predicted octanol–water partition coefficient (Wildman–Crippen LogP) is 2.50. The van der Waals surface area contributed by atoms with Crippen molar-refractivity contribution < 1.29 is 22.8 Å². The van der Waals surface area contributed by atoms with Gasteiger partial charge in [0.05, 0.1) is 17.1 Å². The summed E-state index contributed by atoms with van der Waals surface area (Å²) in [5.74, 6) is 0.760. The summed E-state index contributed by atoms with van der Waals surface area (Å²) in [4.78, 5) is 0.311. The van der Waals surface area contributed by atoms with Crippen molar-refractivity contribution in [3.8, 4) is 16.9 Å². The van der Waals surface area contributed by atoms with Gasteiger partial charge in [0.25, 0.3) is 0 Å². The van der Waals surface area contributed by atoms with Crippen LogP contribution in [0, 0.1) is 0 Å². The topological polar surface area (TPSA) is 67.5 Å². The van der Waals surface area contributed by atoms with E-state index in [1.54, 1.807) is 12.1 Å². The molecule has 26 heavy (non-hydrogen) atoms. The molecule has 1 aromatic heterocycles. The maximum Gasteiger partial charge on any atom is 0.177 e. The van der Waals surface area contributed by atoms with E-state index >= 15 is 0 Å². The van der Waals surface area contributed by atoms with E-state index in [1.165, 1.54) is 6.26 Å². The molecule has 3 rings (SSSR count). The Balaban J connectivity index is 2.03. The zero-order valence-electron chi connectivity index (χ0n) is 14.8. The number of pyridine rings is 1. The molecule has 3 aromatic rings. The largest absolute Gasteiger partial charge is 0.493 e.